The highest BCUT2D eigenvalue weighted by Gasteiger charge is 2.21. The van der Waals surface area contributed by atoms with Crippen LogP contribution in [-0.4, -0.2) is 29.8 Å². The molecule has 35 heavy (non-hydrogen) atoms. The molecule has 0 spiro atoms. The van der Waals surface area contributed by atoms with Crippen LogP contribution in [0.4, 0.5) is 5.69 Å². The van der Waals surface area contributed by atoms with Gasteiger partial charge in [0.25, 0.3) is 0 Å². The zero-order chi connectivity index (χ0) is 23.8. The molecular weight excluding hydrogens is 432 g/mol. The van der Waals surface area contributed by atoms with Crippen LogP contribution in [0.3, 0.4) is 0 Å². The molecule has 0 unspecified atom stereocenters. The third-order valence-electron chi connectivity index (χ3n) is 7.64. The van der Waals surface area contributed by atoms with Gasteiger partial charge in [0.15, 0.2) is 0 Å². The van der Waals surface area contributed by atoms with Crippen molar-refractivity contribution in [2.24, 2.45) is 5.92 Å². The van der Waals surface area contributed by atoms with Gasteiger partial charge in [0.05, 0.1) is 41.3 Å². The summed E-state index contributed by atoms with van der Waals surface area (Å²) in [6.07, 6.45) is 11.0. The fourth-order valence-electron chi connectivity index (χ4n) is 5.69. The van der Waals surface area contributed by atoms with E-state index in [1.165, 1.54) is 43.0 Å². The predicted octanol–water partition coefficient (Wildman–Crippen LogP) is 6.65. The maximum atomic E-state index is 9.31. The lowest BCUT2D eigenvalue weighted by Gasteiger charge is -2.28. The van der Waals surface area contributed by atoms with Gasteiger partial charge in [-0.2, -0.15) is 5.26 Å². The Kier molecular flexibility index (Phi) is 5.66. The topological polar surface area (TPSA) is 54.1 Å². The Morgan fingerprint density at radius 2 is 1.83 bits per heavy atom. The molecule has 0 atom stereocenters. The molecule has 176 valence electrons. The molecule has 4 aromatic rings. The van der Waals surface area contributed by atoms with Crippen LogP contribution in [0.5, 0.6) is 5.75 Å². The fourth-order valence-corrected chi connectivity index (χ4v) is 5.69. The van der Waals surface area contributed by atoms with Gasteiger partial charge in [-0.25, -0.2) is 0 Å². The number of aromatic nitrogens is 2. The second-order valence-electron chi connectivity index (χ2n) is 9.89. The quantitative estimate of drug-likeness (QED) is 0.341. The smallest absolute Gasteiger partial charge is 0.143 e. The van der Waals surface area contributed by atoms with Gasteiger partial charge in [0.1, 0.15) is 12.4 Å². The summed E-state index contributed by atoms with van der Waals surface area (Å²) in [5.41, 5.74) is 7.11. The van der Waals surface area contributed by atoms with Gasteiger partial charge in [-0.1, -0.05) is 37.5 Å². The molecule has 6 rings (SSSR count). The molecule has 0 amide bonds. The van der Waals surface area contributed by atoms with E-state index >= 15 is 0 Å². The van der Waals surface area contributed by atoms with E-state index in [-0.39, 0.29) is 0 Å². The van der Waals surface area contributed by atoms with E-state index in [9.17, 15) is 5.26 Å². The number of ether oxygens (including phenoxy) is 1. The van der Waals surface area contributed by atoms with Crippen LogP contribution in [-0.2, 0) is 6.54 Å². The Morgan fingerprint density at radius 3 is 2.63 bits per heavy atom. The van der Waals surface area contributed by atoms with Gasteiger partial charge in [0, 0.05) is 36.3 Å². The molecule has 0 saturated heterocycles. The summed E-state index contributed by atoms with van der Waals surface area (Å²) in [7, 11) is 2.10. The largest absolute Gasteiger partial charge is 0.490 e. The normalized spacial score (nSPS) is 16.1. The van der Waals surface area contributed by atoms with Crippen LogP contribution in [0.2, 0.25) is 0 Å². The lowest BCUT2D eigenvalue weighted by molar-refractivity contribution is 0.311. The second kappa shape index (κ2) is 9.11. The highest BCUT2D eigenvalue weighted by Crippen LogP contribution is 2.41. The molecule has 3 heterocycles. The molecule has 1 saturated carbocycles. The van der Waals surface area contributed by atoms with Crippen molar-refractivity contribution in [2.75, 3.05) is 25.1 Å². The first-order valence-corrected chi connectivity index (χ1v) is 12.7. The average Bonchev–Trinajstić information content (AvgIpc) is 3.31. The lowest BCUT2D eigenvalue weighted by Crippen LogP contribution is -2.28. The van der Waals surface area contributed by atoms with Crippen molar-refractivity contribution in [3.8, 4) is 34.2 Å². The maximum Gasteiger partial charge on any atom is 0.143 e. The molecule has 1 aliphatic heterocycles. The number of nitrogens with zero attached hydrogens (tertiary/aromatic N) is 4. The van der Waals surface area contributed by atoms with Crippen LogP contribution < -0.4 is 9.64 Å². The third kappa shape index (κ3) is 4.04. The van der Waals surface area contributed by atoms with Crippen molar-refractivity contribution in [3.05, 3.63) is 66.5 Å². The van der Waals surface area contributed by atoms with Gasteiger partial charge in [-0.05, 0) is 54.7 Å². The number of pyridine rings is 1. The van der Waals surface area contributed by atoms with Crippen molar-refractivity contribution in [3.63, 3.8) is 0 Å². The van der Waals surface area contributed by atoms with Gasteiger partial charge >= 0.3 is 0 Å². The Bertz CT molecular complexity index is 1410. The minimum Gasteiger partial charge on any atom is -0.490 e. The molecule has 2 aromatic carbocycles. The molecule has 2 aliphatic rings. The van der Waals surface area contributed by atoms with Crippen molar-refractivity contribution in [1.82, 2.24) is 9.55 Å². The number of nitriles is 1. The monoisotopic (exact) mass is 462 g/mol. The number of benzene rings is 2. The number of hydrogen-bond acceptors (Lipinski definition) is 4. The second-order valence-corrected chi connectivity index (χ2v) is 9.89. The van der Waals surface area contributed by atoms with Crippen molar-refractivity contribution >= 4 is 16.6 Å². The van der Waals surface area contributed by atoms with E-state index in [0.29, 0.717) is 12.2 Å². The summed E-state index contributed by atoms with van der Waals surface area (Å²) in [5, 5.41) is 10.5. The first-order valence-electron chi connectivity index (χ1n) is 12.7. The number of rotatable bonds is 4. The summed E-state index contributed by atoms with van der Waals surface area (Å²) in [4.78, 5) is 7.26. The SMILES string of the molecule is CN1CCOc2cc(-c3ncc4c(ccn4CC4CCCCC4)c3-c3ccc(C#N)cc3)ccc21. The predicted molar refractivity (Wildman–Crippen MR) is 141 cm³/mol. The van der Waals surface area contributed by atoms with E-state index in [1.54, 1.807) is 0 Å². The Labute approximate surface area is 206 Å². The van der Waals surface area contributed by atoms with Gasteiger partial charge in [-0.3, -0.25) is 4.98 Å². The first-order chi connectivity index (χ1) is 17.2. The maximum absolute atomic E-state index is 9.31. The van der Waals surface area contributed by atoms with Crippen molar-refractivity contribution in [1.29, 1.82) is 5.26 Å². The molecule has 1 fully saturated rings. The third-order valence-corrected chi connectivity index (χ3v) is 7.64. The summed E-state index contributed by atoms with van der Waals surface area (Å²) >= 11 is 0. The van der Waals surface area contributed by atoms with Crippen molar-refractivity contribution < 1.29 is 4.74 Å². The van der Waals surface area contributed by atoms with Crippen LogP contribution in [0.25, 0.3) is 33.3 Å². The molecule has 0 radical (unpaired) electrons. The highest BCUT2D eigenvalue weighted by atomic mass is 16.5. The molecular formula is C30H30N4O. The molecule has 0 N–H and O–H groups in total. The molecule has 1 aliphatic carbocycles. The van der Waals surface area contributed by atoms with Gasteiger partial charge in [-0.15, -0.1) is 0 Å². The minimum atomic E-state index is 0.663. The van der Waals surface area contributed by atoms with Crippen LogP contribution in [0, 0.1) is 17.2 Å². The summed E-state index contributed by atoms with van der Waals surface area (Å²) in [5.74, 6) is 1.64. The van der Waals surface area contributed by atoms with Crippen LogP contribution >= 0.6 is 0 Å². The number of anilines is 1. The van der Waals surface area contributed by atoms with E-state index < -0.39 is 0 Å². The van der Waals surface area contributed by atoms with E-state index in [4.69, 9.17) is 9.72 Å². The summed E-state index contributed by atoms with van der Waals surface area (Å²) in [6.45, 7) is 2.63. The zero-order valence-corrected chi connectivity index (χ0v) is 20.2. The zero-order valence-electron chi connectivity index (χ0n) is 20.2. The number of likely N-dealkylation sites (N-methyl/N-ethyl adjacent to an activating group) is 1. The summed E-state index contributed by atoms with van der Waals surface area (Å²) in [6, 6.07) is 18.7. The molecule has 5 nitrogen and oxygen atoms in total. The molecule has 0 bridgehead atoms. The first kappa shape index (κ1) is 21.7. The fraction of sp³-hybridized carbons (Fsp3) is 0.333. The van der Waals surface area contributed by atoms with Gasteiger partial charge in [0.2, 0.25) is 0 Å². The highest BCUT2D eigenvalue weighted by molar-refractivity contribution is 6.02. The van der Waals surface area contributed by atoms with E-state index in [2.05, 4.69) is 53.0 Å². The molecule has 5 heteroatoms. The van der Waals surface area contributed by atoms with Crippen LogP contribution in [0.1, 0.15) is 37.7 Å². The Hall–Kier alpha value is -3.78. The molecule has 2 aromatic heterocycles. The summed E-state index contributed by atoms with van der Waals surface area (Å²) < 4.78 is 8.39. The lowest BCUT2D eigenvalue weighted by atomic mass is 9.89. The minimum absolute atomic E-state index is 0.663. The Balaban J connectivity index is 1.49. The van der Waals surface area contributed by atoms with Crippen LogP contribution in [0.15, 0.2) is 60.9 Å². The number of fused-ring (bicyclic) bond motifs is 2. The van der Waals surface area contributed by atoms with E-state index in [1.807, 2.05) is 30.5 Å². The van der Waals surface area contributed by atoms with E-state index in [0.717, 1.165) is 52.8 Å². The average molecular weight is 463 g/mol. The Morgan fingerprint density at radius 1 is 1.03 bits per heavy atom. The standard InChI is InChI=1S/C30H30N4O/c1-33-15-16-35-28-17-24(11-12-26(28)33)30-29(23-9-7-21(18-31)8-10-23)25-13-14-34(27(25)19-32-30)20-22-5-3-2-4-6-22/h7-14,17,19,22H,2-6,15-16,20H2,1H3. The van der Waals surface area contributed by atoms with Crippen molar-refractivity contribution in [2.45, 2.75) is 38.6 Å². The number of hydrogen-bond donors (Lipinski definition) is 0. The van der Waals surface area contributed by atoms with Gasteiger partial charge < -0.3 is 14.2 Å².